The highest BCUT2D eigenvalue weighted by molar-refractivity contribution is 6.02. The highest BCUT2D eigenvalue weighted by Crippen LogP contribution is 2.40. The Morgan fingerprint density at radius 3 is 2.65 bits per heavy atom. The van der Waals surface area contributed by atoms with E-state index in [1.165, 1.54) is 0 Å². The lowest BCUT2D eigenvalue weighted by Crippen LogP contribution is -2.36. The molecule has 1 aromatic carbocycles. The summed E-state index contributed by atoms with van der Waals surface area (Å²) in [6.45, 7) is 8.36. The molecule has 108 valence electrons. The molecule has 1 fully saturated rings. The van der Waals surface area contributed by atoms with Gasteiger partial charge in [-0.2, -0.15) is 0 Å². The van der Waals surface area contributed by atoms with E-state index in [9.17, 15) is 4.79 Å². The first-order valence-electron chi connectivity index (χ1n) is 6.94. The summed E-state index contributed by atoms with van der Waals surface area (Å²) in [5.41, 5.74) is 0.121. The maximum absolute atomic E-state index is 11.5. The Balaban J connectivity index is 1.81. The van der Waals surface area contributed by atoms with Crippen molar-refractivity contribution in [2.75, 3.05) is 6.61 Å². The van der Waals surface area contributed by atoms with Gasteiger partial charge in [0.15, 0.2) is 6.61 Å². The van der Waals surface area contributed by atoms with Gasteiger partial charge in [0, 0.05) is 12.5 Å². The molecule has 0 aliphatic carbocycles. The second-order valence-electron chi connectivity index (χ2n) is 6.65. The van der Waals surface area contributed by atoms with Crippen molar-refractivity contribution in [2.45, 2.75) is 51.4 Å². The Morgan fingerprint density at radius 2 is 2.00 bits per heavy atom. The molecule has 0 amide bonds. The molecular weight excluding hydrogens is 256 g/mol. The fraction of sp³-hybridized carbons (Fsp3) is 0.562. The van der Waals surface area contributed by atoms with Crippen LogP contribution < -0.4 is 9.47 Å². The zero-order valence-electron chi connectivity index (χ0n) is 12.4. The maximum atomic E-state index is 11.5. The normalized spacial score (nSPS) is 26.2. The second kappa shape index (κ2) is 4.22. The van der Waals surface area contributed by atoms with Crippen LogP contribution in [0.5, 0.6) is 11.5 Å². The SMILES string of the molecule is CC1(C)CC(Oc2ccc3c(c2)OCC3=O)C(C)(C)O1. The molecule has 0 spiro atoms. The minimum absolute atomic E-state index is 0.0207. The lowest BCUT2D eigenvalue weighted by molar-refractivity contribution is -0.0846. The van der Waals surface area contributed by atoms with E-state index < -0.39 is 0 Å². The highest BCUT2D eigenvalue weighted by Gasteiger charge is 2.47. The van der Waals surface area contributed by atoms with Crippen molar-refractivity contribution in [2.24, 2.45) is 0 Å². The third-order valence-corrected chi connectivity index (χ3v) is 3.88. The van der Waals surface area contributed by atoms with E-state index in [0.29, 0.717) is 11.3 Å². The zero-order chi connectivity index (χ0) is 14.5. The third-order valence-electron chi connectivity index (χ3n) is 3.88. The van der Waals surface area contributed by atoms with E-state index in [4.69, 9.17) is 14.2 Å². The van der Waals surface area contributed by atoms with E-state index in [0.717, 1.165) is 12.2 Å². The molecular formula is C16H20O4. The largest absolute Gasteiger partial charge is 0.487 e. The lowest BCUT2D eigenvalue weighted by Gasteiger charge is -2.27. The van der Waals surface area contributed by atoms with Crippen molar-refractivity contribution in [3.05, 3.63) is 23.8 Å². The number of Topliss-reactive ketones (excluding diaryl/α,β-unsaturated/α-hetero) is 1. The molecule has 4 heteroatoms. The molecule has 1 atom stereocenters. The Hall–Kier alpha value is -1.55. The predicted octanol–water partition coefficient (Wildman–Crippen LogP) is 2.99. The third kappa shape index (κ3) is 2.29. The van der Waals surface area contributed by atoms with Crippen LogP contribution in [0.1, 0.15) is 44.5 Å². The van der Waals surface area contributed by atoms with E-state index in [1.807, 2.05) is 19.9 Å². The summed E-state index contributed by atoms with van der Waals surface area (Å²) in [6, 6.07) is 5.39. The number of hydrogen-bond acceptors (Lipinski definition) is 4. The molecule has 1 saturated heterocycles. The summed E-state index contributed by atoms with van der Waals surface area (Å²) in [5.74, 6) is 1.36. The first kappa shape index (κ1) is 13.4. The smallest absolute Gasteiger partial charge is 0.203 e. The van der Waals surface area contributed by atoms with Gasteiger partial charge in [0.25, 0.3) is 0 Å². The fourth-order valence-corrected chi connectivity index (χ4v) is 3.01. The number of ether oxygens (including phenoxy) is 3. The first-order chi connectivity index (χ1) is 9.27. The number of ketones is 1. The number of rotatable bonds is 2. The molecule has 1 unspecified atom stereocenters. The van der Waals surface area contributed by atoms with Crippen LogP contribution in [0.25, 0.3) is 0 Å². The van der Waals surface area contributed by atoms with Crippen molar-refractivity contribution in [3.8, 4) is 11.5 Å². The Morgan fingerprint density at radius 1 is 1.25 bits per heavy atom. The molecule has 2 aliphatic heterocycles. The van der Waals surface area contributed by atoms with Gasteiger partial charge < -0.3 is 14.2 Å². The predicted molar refractivity (Wildman–Crippen MR) is 74.5 cm³/mol. The Bertz CT molecular complexity index is 560. The van der Waals surface area contributed by atoms with Crippen LogP contribution in [0, 0.1) is 0 Å². The summed E-state index contributed by atoms with van der Waals surface area (Å²) in [6.07, 6.45) is 0.810. The van der Waals surface area contributed by atoms with Crippen LogP contribution in [0.15, 0.2) is 18.2 Å². The average Bonchev–Trinajstić information content (AvgIpc) is 2.77. The minimum Gasteiger partial charge on any atom is -0.487 e. The summed E-state index contributed by atoms with van der Waals surface area (Å²) >= 11 is 0. The Labute approximate surface area is 119 Å². The summed E-state index contributed by atoms with van der Waals surface area (Å²) in [7, 11) is 0. The van der Waals surface area contributed by atoms with Crippen LogP contribution in [0.4, 0.5) is 0 Å². The summed E-state index contributed by atoms with van der Waals surface area (Å²) in [4.78, 5) is 11.5. The van der Waals surface area contributed by atoms with Gasteiger partial charge in [0.1, 0.15) is 23.2 Å². The van der Waals surface area contributed by atoms with Crippen LogP contribution >= 0.6 is 0 Å². The molecule has 0 radical (unpaired) electrons. The van der Waals surface area contributed by atoms with Gasteiger partial charge in [-0.05, 0) is 39.8 Å². The van der Waals surface area contributed by atoms with Crippen molar-refractivity contribution in [3.63, 3.8) is 0 Å². The molecule has 0 N–H and O–H groups in total. The van der Waals surface area contributed by atoms with Crippen molar-refractivity contribution in [1.29, 1.82) is 0 Å². The number of benzene rings is 1. The lowest BCUT2D eigenvalue weighted by atomic mass is 9.97. The minimum atomic E-state index is -0.334. The topological polar surface area (TPSA) is 44.8 Å². The first-order valence-corrected chi connectivity index (χ1v) is 6.94. The van der Waals surface area contributed by atoms with Gasteiger partial charge >= 0.3 is 0 Å². The molecule has 0 saturated carbocycles. The number of carbonyl (C=O) groups excluding carboxylic acids is 1. The maximum Gasteiger partial charge on any atom is 0.203 e. The molecule has 4 nitrogen and oxygen atoms in total. The fourth-order valence-electron chi connectivity index (χ4n) is 3.01. The van der Waals surface area contributed by atoms with Crippen molar-refractivity contribution in [1.82, 2.24) is 0 Å². The summed E-state index contributed by atoms with van der Waals surface area (Å²) in [5, 5.41) is 0. The van der Waals surface area contributed by atoms with Crippen molar-refractivity contribution >= 4 is 5.78 Å². The monoisotopic (exact) mass is 276 g/mol. The van der Waals surface area contributed by atoms with Crippen molar-refractivity contribution < 1.29 is 19.0 Å². The number of carbonyl (C=O) groups is 1. The molecule has 0 bridgehead atoms. The van der Waals surface area contributed by atoms with Gasteiger partial charge in [0.05, 0.1) is 11.2 Å². The van der Waals surface area contributed by atoms with Crippen LogP contribution in [-0.4, -0.2) is 29.7 Å². The number of fused-ring (bicyclic) bond motifs is 1. The molecule has 2 aliphatic rings. The van der Waals surface area contributed by atoms with Gasteiger partial charge in [-0.1, -0.05) is 0 Å². The van der Waals surface area contributed by atoms with E-state index in [2.05, 4.69) is 13.8 Å². The molecule has 0 aromatic heterocycles. The standard InChI is InChI=1S/C16H20O4/c1-15(2)8-14(16(3,4)20-15)19-10-5-6-11-12(17)9-18-13(11)7-10/h5-7,14H,8-9H2,1-4H3. The van der Waals surface area contributed by atoms with Gasteiger partial charge in [-0.25, -0.2) is 0 Å². The average molecular weight is 276 g/mol. The molecule has 3 rings (SSSR count). The van der Waals surface area contributed by atoms with Crippen LogP contribution in [0.2, 0.25) is 0 Å². The van der Waals surface area contributed by atoms with Gasteiger partial charge in [0.2, 0.25) is 5.78 Å². The second-order valence-corrected chi connectivity index (χ2v) is 6.65. The quantitative estimate of drug-likeness (QED) is 0.833. The van der Waals surface area contributed by atoms with E-state index >= 15 is 0 Å². The van der Waals surface area contributed by atoms with Gasteiger partial charge in [-0.3, -0.25) is 4.79 Å². The summed E-state index contributed by atoms with van der Waals surface area (Å²) < 4.78 is 17.4. The number of hydrogen-bond donors (Lipinski definition) is 0. The highest BCUT2D eigenvalue weighted by atomic mass is 16.6. The van der Waals surface area contributed by atoms with Crippen LogP contribution in [0.3, 0.4) is 0 Å². The van der Waals surface area contributed by atoms with Crippen LogP contribution in [-0.2, 0) is 4.74 Å². The molecule has 1 aromatic rings. The molecule has 20 heavy (non-hydrogen) atoms. The zero-order valence-corrected chi connectivity index (χ0v) is 12.4. The van der Waals surface area contributed by atoms with E-state index in [-0.39, 0.29) is 29.7 Å². The Kier molecular flexibility index (Phi) is 2.83. The van der Waals surface area contributed by atoms with Gasteiger partial charge in [-0.15, -0.1) is 0 Å². The molecule has 2 heterocycles. The van der Waals surface area contributed by atoms with E-state index in [1.54, 1.807) is 12.1 Å².